The number of amides is 2. The molecule has 0 saturated carbocycles. The Hall–Kier alpha value is -1.88. The van der Waals surface area contributed by atoms with Crippen molar-refractivity contribution in [2.75, 3.05) is 31.1 Å². The quantitative estimate of drug-likeness (QED) is 0.918. The van der Waals surface area contributed by atoms with Crippen LogP contribution in [0.3, 0.4) is 0 Å². The van der Waals surface area contributed by atoms with Gasteiger partial charge < -0.3 is 15.1 Å². The Labute approximate surface area is 137 Å². The van der Waals surface area contributed by atoms with Crippen LogP contribution in [0.5, 0.6) is 0 Å². The molecule has 2 fully saturated rings. The second-order valence-corrected chi connectivity index (χ2v) is 6.51. The van der Waals surface area contributed by atoms with Crippen LogP contribution in [0.4, 0.5) is 5.69 Å². The fourth-order valence-corrected chi connectivity index (χ4v) is 3.44. The van der Waals surface area contributed by atoms with Crippen molar-refractivity contribution in [1.82, 2.24) is 10.2 Å². The van der Waals surface area contributed by atoms with Crippen molar-refractivity contribution in [3.63, 3.8) is 0 Å². The molecule has 1 aromatic carbocycles. The molecule has 0 radical (unpaired) electrons. The van der Waals surface area contributed by atoms with Crippen LogP contribution < -0.4 is 10.2 Å². The number of aryl methyl sites for hydroxylation is 1. The average molecular weight is 315 g/mol. The van der Waals surface area contributed by atoms with Crippen LogP contribution in [0.1, 0.15) is 25.8 Å². The van der Waals surface area contributed by atoms with Gasteiger partial charge in [-0.15, -0.1) is 0 Å². The highest BCUT2D eigenvalue weighted by Gasteiger charge is 2.38. The molecule has 1 N–H and O–H groups in total. The minimum Gasteiger partial charge on any atom is -0.337 e. The third-order valence-corrected chi connectivity index (χ3v) is 4.91. The van der Waals surface area contributed by atoms with Gasteiger partial charge in [0.15, 0.2) is 0 Å². The smallest absolute Gasteiger partial charge is 0.228 e. The third kappa shape index (κ3) is 3.24. The Bertz CT molecular complexity index is 584. The zero-order chi connectivity index (χ0) is 16.4. The average Bonchev–Trinajstić information content (AvgIpc) is 2.96. The molecule has 0 spiro atoms. The molecule has 0 bridgehead atoms. The van der Waals surface area contributed by atoms with Crippen LogP contribution >= 0.6 is 0 Å². The predicted octanol–water partition coefficient (Wildman–Crippen LogP) is 1.42. The molecule has 0 aromatic heterocycles. The van der Waals surface area contributed by atoms with E-state index < -0.39 is 0 Å². The molecule has 0 aliphatic carbocycles. The first-order valence-electron chi connectivity index (χ1n) is 8.50. The molecule has 124 valence electrons. The standard InChI is InChI=1S/C18H25N3O2/c1-3-14-4-6-16(7-5-14)21-12-15(10-17(21)22)18(23)20-9-8-19-11-13(20)2/h4-7,13,15,19H,3,8-12H2,1-2H3. The second kappa shape index (κ2) is 6.71. The van der Waals surface area contributed by atoms with Gasteiger partial charge in [0.1, 0.15) is 0 Å². The van der Waals surface area contributed by atoms with Gasteiger partial charge in [0.2, 0.25) is 11.8 Å². The maximum Gasteiger partial charge on any atom is 0.228 e. The monoisotopic (exact) mass is 315 g/mol. The minimum absolute atomic E-state index is 0.0513. The van der Waals surface area contributed by atoms with Gasteiger partial charge in [0, 0.05) is 44.3 Å². The van der Waals surface area contributed by atoms with Crippen molar-refractivity contribution < 1.29 is 9.59 Å². The summed E-state index contributed by atoms with van der Waals surface area (Å²) in [5, 5.41) is 3.29. The molecule has 3 rings (SSSR count). The number of carbonyl (C=O) groups excluding carboxylic acids is 2. The van der Waals surface area contributed by atoms with Crippen LogP contribution in [0.2, 0.25) is 0 Å². The molecule has 2 aliphatic rings. The minimum atomic E-state index is -0.214. The van der Waals surface area contributed by atoms with E-state index in [4.69, 9.17) is 0 Å². The number of nitrogens with zero attached hydrogens (tertiary/aromatic N) is 2. The van der Waals surface area contributed by atoms with E-state index in [1.165, 1.54) is 5.56 Å². The molecular formula is C18H25N3O2. The molecule has 2 aliphatic heterocycles. The molecule has 5 nitrogen and oxygen atoms in total. The van der Waals surface area contributed by atoms with E-state index in [0.29, 0.717) is 13.0 Å². The fraction of sp³-hybridized carbons (Fsp3) is 0.556. The first-order valence-corrected chi connectivity index (χ1v) is 8.50. The topological polar surface area (TPSA) is 52.7 Å². The van der Waals surface area contributed by atoms with Crippen LogP contribution in [-0.2, 0) is 16.0 Å². The van der Waals surface area contributed by atoms with Crippen molar-refractivity contribution in [1.29, 1.82) is 0 Å². The van der Waals surface area contributed by atoms with E-state index in [2.05, 4.69) is 31.3 Å². The highest BCUT2D eigenvalue weighted by Crippen LogP contribution is 2.27. The highest BCUT2D eigenvalue weighted by atomic mass is 16.2. The Balaban J connectivity index is 1.70. The summed E-state index contributed by atoms with van der Waals surface area (Å²) in [6, 6.07) is 8.27. The summed E-state index contributed by atoms with van der Waals surface area (Å²) >= 11 is 0. The first kappa shape index (κ1) is 16.0. The molecule has 2 amide bonds. The van der Waals surface area contributed by atoms with Crippen LogP contribution in [-0.4, -0.2) is 48.9 Å². The van der Waals surface area contributed by atoms with Gasteiger partial charge in [0.05, 0.1) is 5.92 Å². The van der Waals surface area contributed by atoms with Crippen molar-refractivity contribution in [3.05, 3.63) is 29.8 Å². The SMILES string of the molecule is CCc1ccc(N2CC(C(=O)N3CCNCC3C)CC2=O)cc1. The first-order chi connectivity index (χ1) is 11.1. The van der Waals surface area contributed by atoms with Crippen LogP contribution in [0.15, 0.2) is 24.3 Å². The maximum atomic E-state index is 12.8. The summed E-state index contributed by atoms with van der Waals surface area (Å²) in [6.07, 6.45) is 1.31. The molecule has 2 unspecified atom stereocenters. The maximum absolute atomic E-state index is 12.8. The van der Waals surface area contributed by atoms with Gasteiger partial charge in [-0.25, -0.2) is 0 Å². The molecule has 1 aromatic rings. The van der Waals surface area contributed by atoms with Crippen LogP contribution in [0.25, 0.3) is 0 Å². The number of nitrogens with one attached hydrogen (secondary N) is 1. The summed E-state index contributed by atoms with van der Waals surface area (Å²) in [4.78, 5) is 28.8. The Kier molecular flexibility index (Phi) is 4.66. The normalized spacial score (nSPS) is 25.0. The van der Waals surface area contributed by atoms with E-state index in [0.717, 1.165) is 31.7 Å². The predicted molar refractivity (Wildman–Crippen MR) is 90.3 cm³/mol. The number of carbonyl (C=O) groups is 2. The summed E-state index contributed by atoms with van der Waals surface area (Å²) in [5.74, 6) is -0.0377. The number of hydrogen-bond donors (Lipinski definition) is 1. The Morgan fingerprint density at radius 2 is 2.04 bits per heavy atom. The van der Waals surface area contributed by atoms with E-state index in [1.54, 1.807) is 4.90 Å². The zero-order valence-electron chi connectivity index (χ0n) is 13.9. The van der Waals surface area contributed by atoms with Gasteiger partial charge in [-0.05, 0) is 31.0 Å². The highest BCUT2D eigenvalue weighted by molar-refractivity contribution is 6.00. The zero-order valence-corrected chi connectivity index (χ0v) is 13.9. The molecule has 5 heteroatoms. The van der Waals surface area contributed by atoms with Gasteiger partial charge in [-0.2, -0.15) is 0 Å². The largest absolute Gasteiger partial charge is 0.337 e. The fourth-order valence-electron chi connectivity index (χ4n) is 3.44. The number of hydrogen-bond acceptors (Lipinski definition) is 3. The lowest BCUT2D eigenvalue weighted by Crippen LogP contribution is -2.54. The van der Waals surface area contributed by atoms with Crippen LogP contribution in [0, 0.1) is 5.92 Å². The molecule has 2 atom stereocenters. The third-order valence-electron chi connectivity index (χ3n) is 4.91. The van der Waals surface area contributed by atoms with E-state index >= 15 is 0 Å². The second-order valence-electron chi connectivity index (χ2n) is 6.51. The summed E-state index contributed by atoms with van der Waals surface area (Å²) in [6.45, 7) is 7.06. The van der Waals surface area contributed by atoms with Gasteiger partial charge >= 0.3 is 0 Å². The number of benzene rings is 1. The summed E-state index contributed by atoms with van der Waals surface area (Å²) < 4.78 is 0. The van der Waals surface area contributed by atoms with Gasteiger partial charge in [-0.1, -0.05) is 19.1 Å². The summed E-state index contributed by atoms with van der Waals surface area (Å²) in [7, 11) is 0. The van der Waals surface area contributed by atoms with Gasteiger partial charge in [-0.3, -0.25) is 9.59 Å². The molecule has 2 heterocycles. The van der Waals surface area contributed by atoms with Gasteiger partial charge in [0.25, 0.3) is 0 Å². The molecule has 23 heavy (non-hydrogen) atoms. The Morgan fingerprint density at radius 1 is 1.30 bits per heavy atom. The van der Waals surface area contributed by atoms with E-state index in [-0.39, 0.29) is 23.8 Å². The van der Waals surface area contributed by atoms with Crippen molar-refractivity contribution in [2.24, 2.45) is 5.92 Å². The summed E-state index contributed by atoms with van der Waals surface area (Å²) in [5.41, 5.74) is 2.15. The van der Waals surface area contributed by atoms with E-state index in [1.807, 2.05) is 17.0 Å². The number of rotatable bonds is 3. The molecule has 2 saturated heterocycles. The Morgan fingerprint density at radius 3 is 2.70 bits per heavy atom. The lowest BCUT2D eigenvalue weighted by atomic mass is 10.0. The van der Waals surface area contributed by atoms with Crippen molar-refractivity contribution >= 4 is 17.5 Å². The lowest BCUT2D eigenvalue weighted by Gasteiger charge is -2.35. The number of anilines is 1. The van der Waals surface area contributed by atoms with Crippen molar-refractivity contribution in [2.45, 2.75) is 32.7 Å². The molecular weight excluding hydrogens is 290 g/mol. The van der Waals surface area contributed by atoms with Crippen molar-refractivity contribution in [3.8, 4) is 0 Å². The lowest BCUT2D eigenvalue weighted by molar-refractivity contribution is -0.138. The van der Waals surface area contributed by atoms with E-state index in [9.17, 15) is 9.59 Å². The number of piperazine rings is 1.